The number of ether oxygens (including phenoxy) is 1. The van der Waals surface area contributed by atoms with Gasteiger partial charge in [0.1, 0.15) is 0 Å². The Hall–Kier alpha value is -3.47. The minimum Gasteiger partial charge on any atom is -0.494 e. The number of fused-ring (bicyclic) bond motifs is 3. The second-order valence-electron chi connectivity index (χ2n) is 9.84. The third-order valence-electron chi connectivity index (χ3n) is 6.35. The van der Waals surface area contributed by atoms with E-state index < -0.39 is 5.82 Å². The summed E-state index contributed by atoms with van der Waals surface area (Å²) in [7, 11) is 1.41. The molecule has 3 aromatic heterocycles. The van der Waals surface area contributed by atoms with Crippen LogP contribution in [-0.2, 0) is 6.54 Å². The van der Waals surface area contributed by atoms with Crippen molar-refractivity contribution in [2.24, 2.45) is 5.73 Å². The molecule has 4 aromatic rings. The molecule has 4 heterocycles. The van der Waals surface area contributed by atoms with E-state index in [4.69, 9.17) is 21.2 Å². The number of benzene rings is 1. The number of hydrogen-bond donors (Lipinski definition) is 2. The third kappa shape index (κ3) is 4.00. The van der Waals surface area contributed by atoms with Crippen LogP contribution < -0.4 is 21.1 Å². The predicted molar refractivity (Wildman–Crippen MR) is 128 cm³/mol. The molecule has 11 heteroatoms. The van der Waals surface area contributed by atoms with E-state index in [1.807, 2.05) is 30.9 Å². The smallest absolute Gasteiger partial charge is 0.223 e. The number of methoxy groups -OCH3 is 1. The van der Waals surface area contributed by atoms with Gasteiger partial charge < -0.3 is 21.1 Å². The molecule has 0 amide bonds. The number of anilines is 2. The van der Waals surface area contributed by atoms with Crippen molar-refractivity contribution in [2.45, 2.75) is 57.7 Å². The van der Waals surface area contributed by atoms with Gasteiger partial charge in [-0.2, -0.15) is 9.61 Å². The molecule has 34 heavy (non-hydrogen) atoms. The number of nitrogens with two attached hydrogens (primary N) is 2. The van der Waals surface area contributed by atoms with Gasteiger partial charge in [0.15, 0.2) is 23.0 Å². The van der Waals surface area contributed by atoms with E-state index in [0.717, 1.165) is 25.1 Å². The van der Waals surface area contributed by atoms with Crippen LogP contribution in [0.4, 0.5) is 16.0 Å². The number of aromatic nitrogens is 6. The van der Waals surface area contributed by atoms with Gasteiger partial charge in [0.25, 0.3) is 0 Å². The van der Waals surface area contributed by atoms with Gasteiger partial charge in [-0.15, -0.1) is 5.10 Å². The Balaban J connectivity index is 1.48. The lowest BCUT2D eigenvalue weighted by Crippen LogP contribution is -2.41. The average molecular weight is 468 g/mol. The van der Waals surface area contributed by atoms with Gasteiger partial charge in [0.05, 0.1) is 31.1 Å². The van der Waals surface area contributed by atoms with Crippen molar-refractivity contribution >= 4 is 28.2 Å². The predicted octanol–water partition coefficient (Wildman–Crippen LogP) is 2.71. The normalized spacial score (nSPS) is 19.3. The number of halogens is 1. The van der Waals surface area contributed by atoms with E-state index in [9.17, 15) is 4.39 Å². The topological polar surface area (TPSA) is 125 Å². The van der Waals surface area contributed by atoms with E-state index in [-0.39, 0.29) is 23.2 Å². The van der Waals surface area contributed by atoms with Crippen molar-refractivity contribution in [1.29, 1.82) is 0 Å². The zero-order valence-corrected chi connectivity index (χ0v) is 19.9. The highest BCUT2D eigenvalue weighted by Crippen LogP contribution is 2.33. The number of nitrogen functional groups attached to an aromatic ring is 1. The standard InChI is InChI=1S/C23H30FN9O/c1-13-5-6-14(10-32(13)15-9-27-31(11-15)12-23(2,3)26)20-29-21-16-7-17(24)19(34-4)8-18(16)28-22(25)33(21)30-20/h7-9,11,13-14H,5-6,10,12,26H2,1-4H3,(H2,25,28)/t13-,14+/m1/s1. The van der Waals surface area contributed by atoms with E-state index in [1.54, 1.807) is 0 Å². The minimum atomic E-state index is -0.483. The maximum atomic E-state index is 14.4. The Morgan fingerprint density at radius 1 is 1.24 bits per heavy atom. The molecule has 0 radical (unpaired) electrons. The highest BCUT2D eigenvalue weighted by molar-refractivity contribution is 5.93. The Morgan fingerprint density at radius 2 is 2.03 bits per heavy atom. The number of nitrogens with zero attached hydrogens (tertiary/aromatic N) is 7. The van der Waals surface area contributed by atoms with Gasteiger partial charge in [0.2, 0.25) is 5.95 Å². The first-order valence-corrected chi connectivity index (χ1v) is 11.4. The van der Waals surface area contributed by atoms with Crippen LogP contribution in [0.2, 0.25) is 0 Å². The highest BCUT2D eigenvalue weighted by atomic mass is 19.1. The van der Waals surface area contributed by atoms with E-state index in [1.165, 1.54) is 23.8 Å². The molecule has 0 spiro atoms. The van der Waals surface area contributed by atoms with Crippen molar-refractivity contribution in [3.63, 3.8) is 0 Å². The van der Waals surface area contributed by atoms with Crippen LogP contribution in [0.5, 0.6) is 5.75 Å². The van der Waals surface area contributed by atoms with E-state index in [0.29, 0.717) is 35.0 Å². The summed E-state index contributed by atoms with van der Waals surface area (Å²) in [5.74, 6) is 0.580. The highest BCUT2D eigenvalue weighted by Gasteiger charge is 2.30. The van der Waals surface area contributed by atoms with Crippen LogP contribution in [0.15, 0.2) is 24.5 Å². The second-order valence-corrected chi connectivity index (χ2v) is 9.84. The molecular weight excluding hydrogens is 437 g/mol. The lowest BCUT2D eigenvalue weighted by Gasteiger charge is -2.37. The summed E-state index contributed by atoms with van der Waals surface area (Å²) in [5.41, 5.74) is 14.0. The molecule has 0 unspecified atom stereocenters. The quantitative estimate of drug-likeness (QED) is 0.459. The van der Waals surface area contributed by atoms with Crippen molar-refractivity contribution in [1.82, 2.24) is 29.4 Å². The van der Waals surface area contributed by atoms with Gasteiger partial charge in [0, 0.05) is 41.7 Å². The maximum absolute atomic E-state index is 14.4. The third-order valence-corrected chi connectivity index (χ3v) is 6.35. The fraction of sp³-hybridized carbons (Fsp3) is 0.478. The van der Waals surface area contributed by atoms with Crippen LogP contribution in [0.25, 0.3) is 16.6 Å². The molecule has 10 nitrogen and oxygen atoms in total. The van der Waals surface area contributed by atoms with Crippen molar-refractivity contribution in [2.75, 3.05) is 24.3 Å². The first-order chi connectivity index (χ1) is 16.1. The lowest BCUT2D eigenvalue weighted by atomic mass is 9.92. The molecule has 1 saturated heterocycles. The van der Waals surface area contributed by atoms with Crippen molar-refractivity contribution in [3.8, 4) is 5.75 Å². The number of hydrogen-bond acceptors (Lipinski definition) is 8. The van der Waals surface area contributed by atoms with Crippen molar-refractivity contribution < 1.29 is 9.13 Å². The van der Waals surface area contributed by atoms with Crippen molar-refractivity contribution in [3.05, 3.63) is 36.2 Å². The van der Waals surface area contributed by atoms with E-state index >= 15 is 0 Å². The second kappa shape index (κ2) is 8.08. The first kappa shape index (κ1) is 22.3. The first-order valence-electron chi connectivity index (χ1n) is 11.4. The summed E-state index contributed by atoms with van der Waals surface area (Å²) in [5, 5.41) is 9.71. The summed E-state index contributed by atoms with van der Waals surface area (Å²) in [6, 6.07) is 3.25. The zero-order chi connectivity index (χ0) is 24.2. The fourth-order valence-corrected chi connectivity index (χ4v) is 4.66. The Bertz CT molecular complexity index is 1360. The van der Waals surface area contributed by atoms with Crippen LogP contribution in [0.1, 0.15) is 45.4 Å². The summed E-state index contributed by atoms with van der Waals surface area (Å²) in [6.45, 7) is 7.55. The zero-order valence-electron chi connectivity index (χ0n) is 19.9. The summed E-state index contributed by atoms with van der Waals surface area (Å²) >= 11 is 0. The summed E-state index contributed by atoms with van der Waals surface area (Å²) < 4.78 is 22.9. The molecule has 1 aromatic carbocycles. The number of piperidine rings is 1. The molecule has 4 N–H and O–H groups in total. The number of rotatable bonds is 5. The van der Waals surface area contributed by atoms with Crippen LogP contribution in [-0.4, -0.2) is 54.6 Å². The molecule has 5 rings (SSSR count). The molecule has 0 bridgehead atoms. The van der Waals surface area contributed by atoms with Gasteiger partial charge in [-0.3, -0.25) is 4.68 Å². The molecule has 2 atom stereocenters. The Labute approximate surface area is 196 Å². The lowest BCUT2D eigenvalue weighted by molar-refractivity contribution is 0.387. The summed E-state index contributed by atoms with van der Waals surface area (Å²) in [6.07, 6.45) is 5.84. The van der Waals surface area contributed by atoms with Gasteiger partial charge in [-0.1, -0.05) is 0 Å². The van der Waals surface area contributed by atoms with Gasteiger partial charge >= 0.3 is 0 Å². The largest absolute Gasteiger partial charge is 0.494 e. The molecular formula is C23H30FN9O. The van der Waals surface area contributed by atoms with Crippen LogP contribution in [0.3, 0.4) is 0 Å². The van der Waals surface area contributed by atoms with Gasteiger partial charge in [-0.25, -0.2) is 14.4 Å². The molecule has 1 fully saturated rings. The molecule has 1 aliphatic rings. The van der Waals surface area contributed by atoms with E-state index in [2.05, 4.69) is 27.0 Å². The maximum Gasteiger partial charge on any atom is 0.223 e. The Kier molecular flexibility index (Phi) is 5.31. The monoisotopic (exact) mass is 467 g/mol. The fourth-order valence-electron chi connectivity index (χ4n) is 4.66. The molecule has 1 aliphatic heterocycles. The van der Waals surface area contributed by atoms with Crippen LogP contribution in [0, 0.1) is 5.82 Å². The minimum absolute atomic E-state index is 0.0861. The molecule has 180 valence electrons. The SMILES string of the molecule is COc1cc2nc(N)n3nc([C@H]4CC[C@@H](C)N(c5cnn(CC(C)(C)N)c5)C4)nc3c2cc1F. The Morgan fingerprint density at radius 3 is 2.76 bits per heavy atom. The summed E-state index contributed by atoms with van der Waals surface area (Å²) in [4.78, 5) is 11.5. The molecule has 0 aliphatic carbocycles. The van der Waals surface area contributed by atoms with Crippen LogP contribution >= 0.6 is 0 Å². The molecule has 0 saturated carbocycles. The van der Waals surface area contributed by atoms with Gasteiger partial charge in [-0.05, 0) is 39.7 Å². The average Bonchev–Trinajstić information content (AvgIpc) is 3.41.